The molecule has 0 saturated carbocycles. The molecular weight excluding hydrogens is 180 g/mol. The van der Waals surface area contributed by atoms with Crippen LogP contribution in [0.15, 0.2) is 0 Å². The molecule has 76 valence electrons. The van der Waals surface area contributed by atoms with Crippen LogP contribution in [0.4, 0.5) is 8.78 Å². The van der Waals surface area contributed by atoms with Crippen molar-refractivity contribution in [3.05, 3.63) is 0 Å². The molecule has 2 N–H and O–H groups in total. The lowest BCUT2D eigenvalue weighted by atomic mass is 10.0. The number of aliphatic hydroxyl groups is 1. The maximum absolute atomic E-state index is 13.2. The van der Waals surface area contributed by atoms with Gasteiger partial charge in [-0.25, -0.2) is 8.78 Å². The van der Waals surface area contributed by atoms with Crippen molar-refractivity contribution >= 4 is 0 Å². The summed E-state index contributed by atoms with van der Waals surface area (Å²) < 4.78 is 31.5. The zero-order chi connectivity index (χ0) is 9.47. The van der Waals surface area contributed by atoms with Crippen LogP contribution in [0.25, 0.3) is 0 Å². The van der Waals surface area contributed by atoms with Crippen molar-refractivity contribution in [2.75, 3.05) is 13.2 Å². The van der Waals surface area contributed by atoms with Crippen LogP contribution in [0.2, 0.25) is 0 Å². The minimum absolute atomic E-state index is 0.0729. The van der Waals surface area contributed by atoms with Crippen LogP contribution in [-0.2, 0) is 4.74 Å². The Hall–Kier alpha value is -0.260. The Morgan fingerprint density at radius 2 is 2.00 bits per heavy atom. The lowest BCUT2D eigenvalue weighted by Crippen LogP contribution is -2.48. The smallest absolute Gasteiger partial charge is 0.275 e. The number of morpholine rings is 1. The van der Waals surface area contributed by atoms with Gasteiger partial charge in [0, 0.05) is 18.5 Å². The van der Waals surface area contributed by atoms with E-state index >= 15 is 0 Å². The maximum atomic E-state index is 13.2. The van der Waals surface area contributed by atoms with Crippen LogP contribution >= 0.6 is 0 Å². The number of hydrogen-bond acceptors (Lipinski definition) is 3. The molecule has 2 aliphatic heterocycles. The van der Waals surface area contributed by atoms with E-state index in [2.05, 4.69) is 5.32 Å². The summed E-state index contributed by atoms with van der Waals surface area (Å²) in [5.74, 6) is -2.97. The minimum Gasteiger partial charge on any atom is -0.387 e. The molecule has 0 aromatic rings. The van der Waals surface area contributed by atoms with Crippen LogP contribution < -0.4 is 5.32 Å². The molecule has 0 aromatic carbocycles. The molecule has 2 aliphatic rings. The second-order valence-electron chi connectivity index (χ2n) is 3.81. The van der Waals surface area contributed by atoms with E-state index in [4.69, 9.17) is 4.74 Å². The fourth-order valence-electron chi connectivity index (χ4n) is 1.94. The zero-order valence-electron chi connectivity index (χ0n) is 7.17. The van der Waals surface area contributed by atoms with E-state index in [1.54, 1.807) is 0 Å². The average Bonchev–Trinajstić information content (AvgIpc) is 2.09. The van der Waals surface area contributed by atoms with Gasteiger partial charge in [-0.05, 0) is 6.42 Å². The van der Waals surface area contributed by atoms with E-state index in [1.807, 2.05) is 0 Å². The highest BCUT2D eigenvalue weighted by atomic mass is 19.3. The highest BCUT2D eigenvalue weighted by Crippen LogP contribution is 2.31. The van der Waals surface area contributed by atoms with E-state index in [0.29, 0.717) is 13.2 Å². The molecular formula is C8H13F2NO2. The van der Waals surface area contributed by atoms with E-state index in [0.717, 1.165) is 0 Å². The van der Waals surface area contributed by atoms with Crippen molar-refractivity contribution in [1.82, 2.24) is 5.32 Å². The zero-order valence-corrected chi connectivity index (χ0v) is 7.17. The van der Waals surface area contributed by atoms with Gasteiger partial charge in [-0.1, -0.05) is 0 Å². The molecule has 0 amide bonds. The summed E-state index contributed by atoms with van der Waals surface area (Å²) in [6.07, 6.45) is -1.79. The van der Waals surface area contributed by atoms with Gasteiger partial charge in [-0.3, -0.25) is 0 Å². The van der Waals surface area contributed by atoms with Gasteiger partial charge in [0.2, 0.25) is 0 Å². The Kier molecular flexibility index (Phi) is 2.25. The quantitative estimate of drug-likeness (QED) is 0.574. The largest absolute Gasteiger partial charge is 0.387 e. The number of halogens is 2. The molecule has 0 spiro atoms. The van der Waals surface area contributed by atoms with E-state index in [9.17, 15) is 13.9 Å². The third-order valence-electron chi connectivity index (χ3n) is 2.62. The monoisotopic (exact) mass is 193 g/mol. The summed E-state index contributed by atoms with van der Waals surface area (Å²) in [4.78, 5) is 0. The number of fused-ring (bicyclic) bond motifs is 2. The highest BCUT2D eigenvalue weighted by molar-refractivity contribution is 4.93. The Labute approximate surface area is 75.1 Å². The third-order valence-corrected chi connectivity index (χ3v) is 2.62. The van der Waals surface area contributed by atoms with Crippen molar-refractivity contribution in [2.24, 2.45) is 0 Å². The summed E-state index contributed by atoms with van der Waals surface area (Å²) in [6, 6.07) is -0.437. The third kappa shape index (κ3) is 1.82. The van der Waals surface area contributed by atoms with Crippen molar-refractivity contribution < 1.29 is 18.6 Å². The number of rotatable bonds is 0. The van der Waals surface area contributed by atoms with Crippen LogP contribution in [0.1, 0.15) is 12.8 Å². The molecule has 2 saturated heterocycles. The van der Waals surface area contributed by atoms with Crippen molar-refractivity contribution in [1.29, 1.82) is 0 Å². The van der Waals surface area contributed by atoms with Crippen LogP contribution in [0, 0.1) is 0 Å². The van der Waals surface area contributed by atoms with Crippen molar-refractivity contribution in [3.63, 3.8) is 0 Å². The van der Waals surface area contributed by atoms with Crippen molar-refractivity contribution in [3.8, 4) is 0 Å². The second-order valence-corrected chi connectivity index (χ2v) is 3.81. The first-order valence-electron chi connectivity index (χ1n) is 4.47. The number of ether oxygens (including phenoxy) is 1. The molecule has 5 heteroatoms. The SMILES string of the molecule is OC1CC2COCC(CC1(F)F)N2. The summed E-state index contributed by atoms with van der Waals surface area (Å²) >= 11 is 0. The van der Waals surface area contributed by atoms with Crippen LogP contribution in [-0.4, -0.2) is 42.4 Å². The molecule has 3 unspecified atom stereocenters. The van der Waals surface area contributed by atoms with Gasteiger partial charge >= 0.3 is 0 Å². The van der Waals surface area contributed by atoms with E-state index in [-0.39, 0.29) is 24.9 Å². The molecule has 0 radical (unpaired) electrons. The van der Waals surface area contributed by atoms with Gasteiger partial charge in [0.05, 0.1) is 13.2 Å². The highest BCUT2D eigenvalue weighted by Gasteiger charge is 2.45. The fourth-order valence-corrected chi connectivity index (χ4v) is 1.94. The molecule has 0 aromatic heterocycles. The van der Waals surface area contributed by atoms with Crippen molar-refractivity contribution in [2.45, 2.75) is 37.0 Å². The molecule has 13 heavy (non-hydrogen) atoms. The maximum Gasteiger partial charge on any atom is 0.275 e. The molecule has 2 heterocycles. The Morgan fingerprint density at radius 1 is 1.31 bits per heavy atom. The number of nitrogens with one attached hydrogen (secondary N) is 1. The van der Waals surface area contributed by atoms with Gasteiger partial charge in [-0.15, -0.1) is 0 Å². The predicted molar refractivity (Wildman–Crippen MR) is 41.7 cm³/mol. The minimum atomic E-state index is -2.97. The van der Waals surface area contributed by atoms with Crippen LogP contribution in [0.3, 0.4) is 0 Å². The second kappa shape index (κ2) is 3.15. The lowest BCUT2D eigenvalue weighted by molar-refractivity contribution is -0.113. The first-order valence-corrected chi connectivity index (χ1v) is 4.47. The molecule has 3 nitrogen and oxygen atoms in total. The number of aliphatic hydroxyl groups excluding tert-OH is 1. The van der Waals surface area contributed by atoms with Gasteiger partial charge in [0.15, 0.2) is 0 Å². The molecule has 2 fully saturated rings. The Morgan fingerprint density at radius 3 is 2.77 bits per heavy atom. The summed E-state index contributed by atoms with van der Waals surface area (Å²) in [6.45, 7) is 0.739. The molecule has 0 aliphatic carbocycles. The number of alkyl halides is 2. The average molecular weight is 193 g/mol. The normalized spacial score (nSPS) is 44.1. The van der Waals surface area contributed by atoms with E-state index < -0.39 is 12.0 Å². The van der Waals surface area contributed by atoms with Crippen LogP contribution in [0.5, 0.6) is 0 Å². The topological polar surface area (TPSA) is 41.5 Å². The summed E-state index contributed by atoms with van der Waals surface area (Å²) in [5.41, 5.74) is 0. The van der Waals surface area contributed by atoms with Gasteiger partial charge in [0.25, 0.3) is 5.92 Å². The van der Waals surface area contributed by atoms with Gasteiger partial charge < -0.3 is 15.2 Å². The summed E-state index contributed by atoms with van der Waals surface area (Å²) in [5, 5.41) is 12.3. The Balaban J connectivity index is 2.13. The standard InChI is InChI=1S/C8H13F2NO2/c9-8(10)2-6-4-13-3-5(11-6)1-7(8)12/h5-7,11-12H,1-4H2. The predicted octanol–water partition coefficient (Wildman–Crippen LogP) is 0.133. The first-order chi connectivity index (χ1) is 6.08. The molecule has 2 bridgehead atoms. The molecule has 2 rings (SSSR count). The summed E-state index contributed by atoms with van der Waals surface area (Å²) in [7, 11) is 0. The number of hydrogen-bond donors (Lipinski definition) is 2. The first kappa shape index (κ1) is 9.30. The Bertz CT molecular complexity index is 201. The van der Waals surface area contributed by atoms with E-state index in [1.165, 1.54) is 0 Å². The fraction of sp³-hybridized carbons (Fsp3) is 1.00. The van der Waals surface area contributed by atoms with Gasteiger partial charge in [0.1, 0.15) is 6.10 Å². The molecule has 3 atom stereocenters. The lowest BCUT2D eigenvalue weighted by Gasteiger charge is -2.28. The van der Waals surface area contributed by atoms with Gasteiger partial charge in [-0.2, -0.15) is 0 Å².